The molecule has 0 saturated carbocycles. The number of carbonyl (C=O) groups is 2. The summed E-state index contributed by atoms with van der Waals surface area (Å²) in [6.07, 6.45) is 4.94. The Labute approximate surface area is 167 Å². The Kier molecular flexibility index (Phi) is 5.88. The maximum absolute atomic E-state index is 12.5. The van der Waals surface area contributed by atoms with Gasteiger partial charge in [-0.05, 0) is 47.2 Å². The van der Waals surface area contributed by atoms with Gasteiger partial charge in [0.2, 0.25) is 0 Å². The Morgan fingerprint density at radius 3 is 2.48 bits per heavy atom. The van der Waals surface area contributed by atoms with Crippen LogP contribution >= 0.6 is 27.7 Å². The lowest BCUT2D eigenvalue weighted by atomic mass is 10.2. The maximum atomic E-state index is 12.5. The number of rotatable bonds is 5. The SMILES string of the molecule is O=C1S/C(=C\C=C\c2ccc([N+](=O)[O-])cc2)C(=O)N1Cc1ccccc1Br. The first kappa shape index (κ1) is 19.1. The predicted molar refractivity (Wildman–Crippen MR) is 108 cm³/mol. The summed E-state index contributed by atoms with van der Waals surface area (Å²) in [6.45, 7) is 0.204. The molecule has 8 heteroatoms. The third-order valence-corrected chi connectivity index (χ3v) is 5.50. The van der Waals surface area contributed by atoms with E-state index in [9.17, 15) is 19.7 Å². The van der Waals surface area contributed by atoms with Crippen molar-refractivity contribution in [3.8, 4) is 0 Å². The Bertz CT molecular complexity index is 970. The van der Waals surface area contributed by atoms with Crippen LogP contribution in [0.3, 0.4) is 0 Å². The minimum Gasteiger partial charge on any atom is -0.268 e. The fraction of sp³-hybridized carbons (Fsp3) is 0.0526. The zero-order valence-electron chi connectivity index (χ0n) is 13.9. The van der Waals surface area contributed by atoms with E-state index in [2.05, 4.69) is 15.9 Å². The number of nitrogens with zero attached hydrogens (tertiary/aromatic N) is 2. The van der Waals surface area contributed by atoms with Gasteiger partial charge in [-0.2, -0.15) is 0 Å². The van der Waals surface area contributed by atoms with Gasteiger partial charge < -0.3 is 0 Å². The molecule has 0 bridgehead atoms. The largest absolute Gasteiger partial charge is 0.293 e. The second-order valence-electron chi connectivity index (χ2n) is 5.59. The number of halogens is 1. The van der Waals surface area contributed by atoms with Crippen LogP contribution < -0.4 is 0 Å². The summed E-state index contributed by atoms with van der Waals surface area (Å²) < 4.78 is 0.839. The summed E-state index contributed by atoms with van der Waals surface area (Å²) in [7, 11) is 0. The molecule has 0 spiro atoms. The second-order valence-corrected chi connectivity index (χ2v) is 7.44. The summed E-state index contributed by atoms with van der Waals surface area (Å²) >= 11 is 4.31. The summed E-state index contributed by atoms with van der Waals surface area (Å²) in [5.74, 6) is -0.339. The quantitative estimate of drug-likeness (QED) is 0.361. The number of nitro groups is 1. The van der Waals surface area contributed by atoms with Crippen LogP contribution in [-0.4, -0.2) is 21.0 Å². The van der Waals surface area contributed by atoms with Crippen LogP contribution in [0.2, 0.25) is 0 Å². The fourth-order valence-corrected chi connectivity index (χ4v) is 3.60. The topological polar surface area (TPSA) is 80.5 Å². The molecule has 1 aliphatic rings. The lowest BCUT2D eigenvalue weighted by Crippen LogP contribution is -2.27. The zero-order valence-corrected chi connectivity index (χ0v) is 16.3. The zero-order chi connectivity index (χ0) is 19.4. The molecular weight excluding hydrogens is 432 g/mol. The number of allylic oxidation sites excluding steroid dienone is 2. The molecule has 1 fully saturated rings. The first-order valence-electron chi connectivity index (χ1n) is 7.85. The number of non-ortho nitro benzene ring substituents is 1. The van der Waals surface area contributed by atoms with Crippen molar-refractivity contribution in [1.29, 1.82) is 0 Å². The summed E-state index contributed by atoms with van der Waals surface area (Å²) in [6, 6.07) is 13.5. The maximum Gasteiger partial charge on any atom is 0.293 e. The van der Waals surface area contributed by atoms with Gasteiger partial charge in [0, 0.05) is 16.6 Å². The Balaban J connectivity index is 1.70. The van der Waals surface area contributed by atoms with Crippen molar-refractivity contribution in [3.05, 3.63) is 91.3 Å². The molecule has 0 unspecified atom stereocenters. The Hall–Kier alpha value is -2.71. The van der Waals surface area contributed by atoms with E-state index in [4.69, 9.17) is 0 Å². The number of imide groups is 1. The number of hydrogen-bond donors (Lipinski definition) is 0. The van der Waals surface area contributed by atoms with E-state index in [-0.39, 0.29) is 23.4 Å². The highest BCUT2D eigenvalue weighted by molar-refractivity contribution is 9.10. The first-order chi connectivity index (χ1) is 13.0. The second kappa shape index (κ2) is 8.32. The van der Waals surface area contributed by atoms with Crippen molar-refractivity contribution >= 4 is 50.6 Å². The molecule has 136 valence electrons. The molecular formula is C19H13BrN2O4S. The highest BCUT2D eigenvalue weighted by Gasteiger charge is 2.34. The van der Waals surface area contributed by atoms with Crippen LogP contribution in [-0.2, 0) is 11.3 Å². The van der Waals surface area contributed by atoms with Gasteiger partial charge in [-0.25, -0.2) is 0 Å². The van der Waals surface area contributed by atoms with Crippen molar-refractivity contribution in [2.45, 2.75) is 6.54 Å². The van der Waals surface area contributed by atoms with Crippen molar-refractivity contribution in [2.75, 3.05) is 0 Å². The molecule has 2 amide bonds. The molecule has 2 aromatic carbocycles. The van der Waals surface area contributed by atoms with Crippen LogP contribution in [0.15, 0.2) is 70.1 Å². The van der Waals surface area contributed by atoms with Crippen molar-refractivity contribution in [2.24, 2.45) is 0 Å². The minimum atomic E-state index is -0.464. The molecule has 0 N–H and O–H groups in total. The number of benzene rings is 2. The molecule has 1 saturated heterocycles. The lowest BCUT2D eigenvalue weighted by molar-refractivity contribution is -0.384. The molecule has 2 aromatic rings. The average Bonchev–Trinajstić information content (AvgIpc) is 2.91. The number of hydrogen-bond acceptors (Lipinski definition) is 5. The smallest absolute Gasteiger partial charge is 0.268 e. The molecule has 0 atom stereocenters. The van der Waals surface area contributed by atoms with Gasteiger partial charge in [-0.15, -0.1) is 0 Å². The number of thioether (sulfide) groups is 1. The highest BCUT2D eigenvalue weighted by Crippen LogP contribution is 2.32. The Morgan fingerprint density at radius 2 is 1.81 bits per heavy atom. The molecule has 1 heterocycles. The molecule has 27 heavy (non-hydrogen) atoms. The molecule has 6 nitrogen and oxygen atoms in total. The van der Waals surface area contributed by atoms with E-state index >= 15 is 0 Å². The third-order valence-electron chi connectivity index (χ3n) is 3.80. The van der Waals surface area contributed by atoms with Crippen LogP contribution in [0.1, 0.15) is 11.1 Å². The van der Waals surface area contributed by atoms with Crippen molar-refractivity contribution in [1.82, 2.24) is 4.90 Å². The van der Waals surface area contributed by atoms with E-state index in [0.717, 1.165) is 27.4 Å². The Morgan fingerprint density at radius 1 is 1.11 bits per heavy atom. The molecule has 0 aromatic heterocycles. The van der Waals surface area contributed by atoms with Gasteiger partial charge in [0.05, 0.1) is 16.4 Å². The van der Waals surface area contributed by atoms with Gasteiger partial charge in [-0.1, -0.05) is 46.3 Å². The van der Waals surface area contributed by atoms with Crippen molar-refractivity contribution < 1.29 is 14.5 Å². The number of amides is 2. The molecule has 0 aliphatic carbocycles. The van der Waals surface area contributed by atoms with E-state index < -0.39 is 4.92 Å². The average molecular weight is 445 g/mol. The van der Waals surface area contributed by atoms with Gasteiger partial charge in [0.15, 0.2) is 0 Å². The van der Waals surface area contributed by atoms with Gasteiger partial charge in [0.1, 0.15) is 0 Å². The van der Waals surface area contributed by atoms with E-state index in [0.29, 0.717) is 4.91 Å². The minimum absolute atomic E-state index is 0.0142. The van der Waals surface area contributed by atoms with Gasteiger partial charge in [0.25, 0.3) is 16.8 Å². The van der Waals surface area contributed by atoms with Crippen molar-refractivity contribution in [3.63, 3.8) is 0 Å². The van der Waals surface area contributed by atoms with E-state index in [1.165, 1.54) is 17.0 Å². The highest BCUT2D eigenvalue weighted by atomic mass is 79.9. The molecule has 1 aliphatic heterocycles. The molecule has 0 radical (unpaired) electrons. The predicted octanol–water partition coefficient (Wildman–Crippen LogP) is 5.15. The summed E-state index contributed by atoms with van der Waals surface area (Å²) in [4.78, 5) is 36.4. The third kappa shape index (κ3) is 4.53. The van der Waals surface area contributed by atoms with Crippen LogP contribution in [0.25, 0.3) is 6.08 Å². The molecule has 3 rings (SSSR count). The first-order valence-corrected chi connectivity index (χ1v) is 9.46. The standard InChI is InChI=1S/C19H13BrN2O4S/c20-16-6-2-1-5-14(16)12-21-18(23)17(27-19(21)24)7-3-4-13-8-10-15(11-9-13)22(25)26/h1-11H,12H2/b4-3+,17-7-. The summed E-state index contributed by atoms with van der Waals surface area (Å²) in [5.41, 5.74) is 1.62. The van der Waals surface area contributed by atoms with Crippen LogP contribution in [0.5, 0.6) is 0 Å². The van der Waals surface area contributed by atoms with Gasteiger partial charge in [-0.3, -0.25) is 24.6 Å². The fourth-order valence-electron chi connectivity index (χ4n) is 2.40. The normalized spacial score (nSPS) is 15.9. The lowest BCUT2D eigenvalue weighted by Gasteiger charge is -2.13. The van der Waals surface area contributed by atoms with Gasteiger partial charge >= 0.3 is 0 Å². The van der Waals surface area contributed by atoms with E-state index in [1.54, 1.807) is 30.4 Å². The van der Waals surface area contributed by atoms with Crippen LogP contribution in [0, 0.1) is 10.1 Å². The summed E-state index contributed by atoms with van der Waals surface area (Å²) in [5, 5.41) is 10.3. The van der Waals surface area contributed by atoms with Crippen LogP contribution in [0.4, 0.5) is 10.5 Å². The monoisotopic (exact) mass is 444 g/mol. The number of carbonyl (C=O) groups excluding carboxylic acids is 2. The number of nitro benzene ring substituents is 1. The van der Waals surface area contributed by atoms with E-state index in [1.807, 2.05) is 24.3 Å².